The van der Waals surface area contributed by atoms with Gasteiger partial charge in [0.25, 0.3) is 0 Å². The Morgan fingerprint density at radius 1 is 1.17 bits per heavy atom. The maximum atomic E-state index is 12.1. The van der Waals surface area contributed by atoms with Crippen LogP contribution in [0.1, 0.15) is 18.4 Å². The van der Waals surface area contributed by atoms with E-state index in [0.717, 1.165) is 0 Å². The van der Waals surface area contributed by atoms with Crippen molar-refractivity contribution in [3.8, 4) is 5.88 Å². The number of hydrogen-bond donors (Lipinski definition) is 2. The third kappa shape index (κ3) is 5.55. The molecule has 0 aliphatic heterocycles. The first-order valence-electron chi connectivity index (χ1n) is 7.87. The maximum absolute atomic E-state index is 12.1. The molecular weight excluding hydrogens is 306 g/mol. The molecule has 2 rings (SSSR count). The SMILES string of the molecule is COCCOc1ncccc1NC(=O)NCC(C)c1ccccc1. The number of amides is 2. The van der Waals surface area contributed by atoms with E-state index in [9.17, 15) is 4.79 Å². The van der Waals surface area contributed by atoms with Crippen LogP contribution >= 0.6 is 0 Å². The summed E-state index contributed by atoms with van der Waals surface area (Å²) in [5.41, 5.74) is 1.71. The Balaban J connectivity index is 1.86. The van der Waals surface area contributed by atoms with Crippen molar-refractivity contribution in [2.45, 2.75) is 12.8 Å². The molecular formula is C18H23N3O3. The lowest BCUT2D eigenvalue weighted by Gasteiger charge is -2.15. The quantitative estimate of drug-likeness (QED) is 0.730. The lowest BCUT2D eigenvalue weighted by atomic mass is 10.0. The zero-order valence-electron chi connectivity index (χ0n) is 14.0. The number of aromatic nitrogens is 1. The summed E-state index contributed by atoms with van der Waals surface area (Å²) in [6.45, 7) is 3.43. The van der Waals surface area contributed by atoms with Crippen LogP contribution in [0.5, 0.6) is 5.88 Å². The average molecular weight is 329 g/mol. The van der Waals surface area contributed by atoms with Crippen LogP contribution < -0.4 is 15.4 Å². The van der Waals surface area contributed by atoms with Gasteiger partial charge in [-0.2, -0.15) is 0 Å². The van der Waals surface area contributed by atoms with Crippen LogP contribution in [-0.2, 0) is 4.74 Å². The summed E-state index contributed by atoms with van der Waals surface area (Å²) in [7, 11) is 1.60. The molecule has 0 saturated heterocycles. The fraction of sp³-hybridized carbons (Fsp3) is 0.333. The highest BCUT2D eigenvalue weighted by atomic mass is 16.5. The molecule has 1 aromatic heterocycles. The smallest absolute Gasteiger partial charge is 0.319 e. The molecule has 2 aromatic rings. The zero-order valence-corrected chi connectivity index (χ0v) is 14.0. The predicted molar refractivity (Wildman–Crippen MR) is 93.5 cm³/mol. The predicted octanol–water partition coefficient (Wildman–Crippen LogP) is 3.03. The van der Waals surface area contributed by atoms with Gasteiger partial charge in [-0.05, 0) is 23.6 Å². The Morgan fingerprint density at radius 3 is 2.71 bits per heavy atom. The van der Waals surface area contributed by atoms with Gasteiger partial charge in [0.1, 0.15) is 12.3 Å². The summed E-state index contributed by atoms with van der Waals surface area (Å²) in [5, 5.41) is 5.63. The van der Waals surface area contributed by atoms with E-state index in [1.807, 2.05) is 30.3 Å². The highest BCUT2D eigenvalue weighted by molar-refractivity contribution is 5.90. The van der Waals surface area contributed by atoms with E-state index in [0.29, 0.717) is 31.3 Å². The van der Waals surface area contributed by atoms with Gasteiger partial charge in [-0.15, -0.1) is 0 Å². The second-order valence-corrected chi connectivity index (χ2v) is 5.34. The number of anilines is 1. The van der Waals surface area contributed by atoms with Crippen molar-refractivity contribution >= 4 is 11.7 Å². The molecule has 128 valence electrons. The molecule has 0 fully saturated rings. The van der Waals surface area contributed by atoms with Crippen molar-refractivity contribution in [3.63, 3.8) is 0 Å². The molecule has 6 nitrogen and oxygen atoms in total. The van der Waals surface area contributed by atoms with Gasteiger partial charge < -0.3 is 20.1 Å². The van der Waals surface area contributed by atoms with Gasteiger partial charge in [-0.25, -0.2) is 9.78 Å². The third-order valence-corrected chi connectivity index (χ3v) is 3.48. The molecule has 1 heterocycles. The lowest BCUT2D eigenvalue weighted by molar-refractivity contribution is 0.144. The molecule has 0 aliphatic carbocycles. The highest BCUT2D eigenvalue weighted by Gasteiger charge is 2.10. The largest absolute Gasteiger partial charge is 0.474 e. The first kappa shape index (κ1) is 17.7. The number of methoxy groups -OCH3 is 1. The number of rotatable bonds is 8. The van der Waals surface area contributed by atoms with Gasteiger partial charge in [0.05, 0.1) is 6.61 Å². The average Bonchev–Trinajstić information content (AvgIpc) is 2.62. The Hall–Kier alpha value is -2.60. The van der Waals surface area contributed by atoms with E-state index in [-0.39, 0.29) is 11.9 Å². The number of ether oxygens (including phenoxy) is 2. The zero-order chi connectivity index (χ0) is 17.2. The molecule has 1 atom stereocenters. The molecule has 1 aromatic carbocycles. The normalized spacial score (nSPS) is 11.6. The van der Waals surface area contributed by atoms with Gasteiger partial charge in [-0.1, -0.05) is 37.3 Å². The number of nitrogens with zero attached hydrogens (tertiary/aromatic N) is 1. The second-order valence-electron chi connectivity index (χ2n) is 5.34. The van der Waals surface area contributed by atoms with Crippen LogP contribution in [0.25, 0.3) is 0 Å². The molecule has 0 spiro atoms. The minimum absolute atomic E-state index is 0.225. The Kier molecular flexibility index (Phi) is 7.04. The van der Waals surface area contributed by atoms with Crippen molar-refractivity contribution in [2.75, 3.05) is 32.2 Å². The molecule has 0 saturated carbocycles. The van der Waals surface area contributed by atoms with Gasteiger partial charge in [0.15, 0.2) is 0 Å². The van der Waals surface area contributed by atoms with Crippen LogP contribution in [0.2, 0.25) is 0 Å². The van der Waals surface area contributed by atoms with Crippen molar-refractivity contribution in [2.24, 2.45) is 0 Å². The van der Waals surface area contributed by atoms with Crippen LogP contribution in [0.15, 0.2) is 48.7 Å². The summed E-state index contributed by atoms with van der Waals surface area (Å²) in [6.07, 6.45) is 1.61. The summed E-state index contributed by atoms with van der Waals surface area (Å²) in [6, 6.07) is 13.3. The van der Waals surface area contributed by atoms with Gasteiger partial charge in [0, 0.05) is 19.9 Å². The molecule has 0 aliphatic rings. The van der Waals surface area contributed by atoms with E-state index in [1.165, 1.54) is 5.56 Å². The van der Waals surface area contributed by atoms with Crippen molar-refractivity contribution in [1.82, 2.24) is 10.3 Å². The van der Waals surface area contributed by atoms with Crippen molar-refractivity contribution in [3.05, 3.63) is 54.2 Å². The molecule has 2 N–H and O–H groups in total. The number of nitrogens with one attached hydrogen (secondary N) is 2. The minimum Gasteiger partial charge on any atom is -0.474 e. The monoisotopic (exact) mass is 329 g/mol. The summed E-state index contributed by atoms with van der Waals surface area (Å²) < 4.78 is 10.4. The first-order valence-corrected chi connectivity index (χ1v) is 7.87. The molecule has 24 heavy (non-hydrogen) atoms. The van der Waals surface area contributed by atoms with Crippen LogP contribution in [0.3, 0.4) is 0 Å². The summed E-state index contributed by atoms with van der Waals surface area (Å²) in [4.78, 5) is 16.2. The Morgan fingerprint density at radius 2 is 1.96 bits per heavy atom. The highest BCUT2D eigenvalue weighted by Crippen LogP contribution is 2.20. The molecule has 1 unspecified atom stereocenters. The maximum Gasteiger partial charge on any atom is 0.319 e. The van der Waals surface area contributed by atoms with Crippen LogP contribution in [-0.4, -0.2) is 37.9 Å². The Bertz CT molecular complexity index is 634. The number of carbonyl (C=O) groups excluding carboxylic acids is 1. The van der Waals surface area contributed by atoms with Crippen LogP contribution in [0.4, 0.5) is 10.5 Å². The molecule has 2 amide bonds. The first-order chi connectivity index (χ1) is 11.7. The van der Waals surface area contributed by atoms with Gasteiger partial charge in [-0.3, -0.25) is 0 Å². The van der Waals surface area contributed by atoms with Gasteiger partial charge in [0.2, 0.25) is 5.88 Å². The topological polar surface area (TPSA) is 72.5 Å². The van der Waals surface area contributed by atoms with E-state index >= 15 is 0 Å². The number of hydrogen-bond acceptors (Lipinski definition) is 4. The van der Waals surface area contributed by atoms with E-state index in [2.05, 4.69) is 22.5 Å². The fourth-order valence-corrected chi connectivity index (χ4v) is 2.13. The summed E-state index contributed by atoms with van der Waals surface area (Å²) in [5.74, 6) is 0.601. The number of carbonyl (C=O) groups is 1. The summed E-state index contributed by atoms with van der Waals surface area (Å²) >= 11 is 0. The second kappa shape index (κ2) is 9.52. The lowest BCUT2D eigenvalue weighted by Crippen LogP contribution is -2.32. The molecule has 0 bridgehead atoms. The molecule has 0 radical (unpaired) electrons. The number of urea groups is 1. The van der Waals surface area contributed by atoms with E-state index < -0.39 is 0 Å². The standard InChI is InChI=1S/C18H23N3O3/c1-14(15-7-4-3-5-8-15)13-20-18(22)21-16-9-6-10-19-17(16)24-12-11-23-2/h3-10,14H,11-13H2,1-2H3,(H2,20,21,22). The fourth-order valence-electron chi connectivity index (χ4n) is 2.13. The van der Waals surface area contributed by atoms with Crippen molar-refractivity contribution in [1.29, 1.82) is 0 Å². The molecule has 6 heteroatoms. The van der Waals surface area contributed by atoms with Gasteiger partial charge >= 0.3 is 6.03 Å². The third-order valence-electron chi connectivity index (χ3n) is 3.48. The number of pyridine rings is 1. The van der Waals surface area contributed by atoms with Crippen LogP contribution in [0, 0.1) is 0 Å². The number of benzene rings is 1. The minimum atomic E-state index is -0.289. The van der Waals surface area contributed by atoms with E-state index in [4.69, 9.17) is 9.47 Å². The Labute approximate surface area is 142 Å². The van der Waals surface area contributed by atoms with Crippen molar-refractivity contribution < 1.29 is 14.3 Å². The van der Waals surface area contributed by atoms with E-state index in [1.54, 1.807) is 25.4 Å².